The van der Waals surface area contributed by atoms with Crippen molar-refractivity contribution in [3.05, 3.63) is 33.9 Å². The summed E-state index contributed by atoms with van der Waals surface area (Å²) in [5.41, 5.74) is 8.78. The minimum atomic E-state index is 0.195. The summed E-state index contributed by atoms with van der Waals surface area (Å²) in [6.45, 7) is 24.1. The summed E-state index contributed by atoms with van der Waals surface area (Å²) in [6.07, 6.45) is 13.0. The molecule has 29 heavy (non-hydrogen) atoms. The van der Waals surface area contributed by atoms with Gasteiger partial charge in [0.15, 0.2) is 0 Å². The lowest BCUT2D eigenvalue weighted by Gasteiger charge is -2.37. The van der Waals surface area contributed by atoms with Crippen molar-refractivity contribution in [3.63, 3.8) is 0 Å². The van der Waals surface area contributed by atoms with Crippen LogP contribution < -0.4 is 0 Å². The molecule has 0 aliphatic carbocycles. The standard InChI is InChI=1S/C29H52/c1-11-14-16-19-23-21-24(20-17-15-12-2)27(29(8,9)10)25(22(4)18-13-3)26(23)28(5,6)7/h21-22H,11-20H2,1-10H3. The molecule has 1 unspecified atom stereocenters. The van der Waals surface area contributed by atoms with Gasteiger partial charge in [-0.25, -0.2) is 0 Å². The van der Waals surface area contributed by atoms with Crippen LogP contribution in [0.4, 0.5) is 0 Å². The van der Waals surface area contributed by atoms with E-state index in [9.17, 15) is 0 Å². The van der Waals surface area contributed by atoms with Gasteiger partial charge in [-0.2, -0.15) is 0 Å². The zero-order chi connectivity index (χ0) is 22.2. The van der Waals surface area contributed by atoms with E-state index in [1.54, 1.807) is 27.8 Å². The lowest BCUT2D eigenvalue weighted by molar-refractivity contribution is 0.519. The van der Waals surface area contributed by atoms with Crippen molar-refractivity contribution < 1.29 is 0 Å². The van der Waals surface area contributed by atoms with Gasteiger partial charge in [-0.1, -0.05) is 107 Å². The van der Waals surface area contributed by atoms with Crippen LogP contribution in [0, 0.1) is 0 Å². The van der Waals surface area contributed by atoms with E-state index >= 15 is 0 Å². The number of hydrogen-bond acceptors (Lipinski definition) is 0. The van der Waals surface area contributed by atoms with Gasteiger partial charge in [0.05, 0.1) is 0 Å². The summed E-state index contributed by atoms with van der Waals surface area (Å²) in [7, 11) is 0. The first-order valence-corrected chi connectivity index (χ1v) is 12.7. The Kier molecular flexibility index (Phi) is 10.5. The molecule has 0 bridgehead atoms. The van der Waals surface area contributed by atoms with Crippen molar-refractivity contribution in [3.8, 4) is 0 Å². The first-order chi connectivity index (χ1) is 13.5. The first-order valence-electron chi connectivity index (χ1n) is 12.7. The summed E-state index contributed by atoms with van der Waals surface area (Å²) in [5, 5.41) is 0. The average molecular weight is 401 g/mol. The Morgan fingerprint density at radius 3 is 1.38 bits per heavy atom. The van der Waals surface area contributed by atoms with Gasteiger partial charge in [0.1, 0.15) is 0 Å². The molecule has 0 spiro atoms. The summed E-state index contributed by atoms with van der Waals surface area (Å²) in [6, 6.07) is 2.65. The summed E-state index contributed by atoms with van der Waals surface area (Å²) in [4.78, 5) is 0. The molecular weight excluding hydrogens is 348 g/mol. The molecule has 1 rings (SSSR count). The second-order valence-corrected chi connectivity index (χ2v) is 11.5. The monoisotopic (exact) mass is 400 g/mol. The molecule has 1 aromatic carbocycles. The third kappa shape index (κ3) is 7.45. The molecule has 0 amide bonds. The van der Waals surface area contributed by atoms with Crippen LogP contribution in [-0.4, -0.2) is 0 Å². The van der Waals surface area contributed by atoms with Crippen LogP contribution in [0.2, 0.25) is 0 Å². The SMILES string of the molecule is CCCCCc1cc(CCCCC)c(C(C)(C)C)c(C(C)CCC)c1C(C)(C)C. The van der Waals surface area contributed by atoms with Gasteiger partial charge in [0, 0.05) is 0 Å². The van der Waals surface area contributed by atoms with E-state index in [-0.39, 0.29) is 10.8 Å². The number of hydrogen-bond donors (Lipinski definition) is 0. The fourth-order valence-electron chi connectivity index (χ4n) is 5.19. The molecule has 0 aliphatic rings. The molecule has 1 aromatic rings. The second kappa shape index (κ2) is 11.6. The maximum absolute atomic E-state index is 2.65. The summed E-state index contributed by atoms with van der Waals surface area (Å²) >= 11 is 0. The Morgan fingerprint density at radius 1 is 0.655 bits per heavy atom. The van der Waals surface area contributed by atoms with Crippen LogP contribution in [0.3, 0.4) is 0 Å². The number of benzene rings is 1. The van der Waals surface area contributed by atoms with Gasteiger partial charge in [0.25, 0.3) is 0 Å². The van der Waals surface area contributed by atoms with Gasteiger partial charge in [0.2, 0.25) is 0 Å². The maximum atomic E-state index is 2.65. The lowest BCUT2D eigenvalue weighted by atomic mass is 9.68. The minimum Gasteiger partial charge on any atom is -0.0654 e. The molecule has 0 heterocycles. The number of unbranched alkanes of at least 4 members (excludes halogenated alkanes) is 4. The number of rotatable bonds is 11. The van der Waals surface area contributed by atoms with Crippen LogP contribution in [0.15, 0.2) is 6.07 Å². The van der Waals surface area contributed by atoms with Crippen LogP contribution in [0.25, 0.3) is 0 Å². The molecule has 0 N–H and O–H groups in total. The van der Waals surface area contributed by atoms with Gasteiger partial charge in [-0.15, -0.1) is 0 Å². The van der Waals surface area contributed by atoms with Gasteiger partial charge >= 0.3 is 0 Å². The highest BCUT2D eigenvalue weighted by Gasteiger charge is 2.32. The molecule has 0 aromatic heterocycles. The third-order valence-electron chi connectivity index (χ3n) is 6.34. The highest BCUT2D eigenvalue weighted by atomic mass is 14.4. The Balaban J connectivity index is 3.80. The first kappa shape index (κ1) is 26.3. The fraction of sp³-hybridized carbons (Fsp3) is 0.793. The summed E-state index contributed by atoms with van der Waals surface area (Å²) < 4.78 is 0. The molecule has 168 valence electrons. The Morgan fingerprint density at radius 2 is 1.07 bits per heavy atom. The fourth-order valence-corrected chi connectivity index (χ4v) is 5.19. The average Bonchev–Trinajstić information content (AvgIpc) is 2.59. The lowest BCUT2D eigenvalue weighted by Crippen LogP contribution is -2.26. The smallest absolute Gasteiger partial charge is 0.0126 e. The second-order valence-electron chi connectivity index (χ2n) is 11.5. The molecule has 0 fully saturated rings. The predicted molar refractivity (Wildman–Crippen MR) is 134 cm³/mol. The van der Waals surface area contributed by atoms with Gasteiger partial charge in [-0.3, -0.25) is 0 Å². The van der Waals surface area contributed by atoms with E-state index in [2.05, 4.69) is 75.3 Å². The molecule has 0 radical (unpaired) electrons. The molecule has 0 saturated heterocycles. The topological polar surface area (TPSA) is 0 Å². The van der Waals surface area contributed by atoms with Gasteiger partial charge in [-0.05, 0) is 76.7 Å². The van der Waals surface area contributed by atoms with Crippen molar-refractivity contribution in [2.45, 2.75) is 150 Å². The van der Waals surface area contributed by atoms with Gasteiger partial charge < -0.3 is 0 Å². The van der Waals surface area contributed by atoms with Crippen molar-refractivity contribution in [2.24, 2.45) is 0 Å². The minimum absolute atomic E-state index is 0.195. The molecular formula is C29H52. The molecule has 0 heteroatoms. The van der Waals surface area contributed by atoms with E-state index in [0.717, 1.165) is 0 Å². The Hall–Kier alpha value is -0.780. The van der Waals surface area contributed by atoms with Crippen molar-refractivity contribution in [1.82, 2.24) is 0 Å². The highest BCUT2D eigenvalue weighted by molar-refractivity contribution is 5.53. The zero-order valence-electron chi connectivity index (χ0n) is 21.7. The maximum Gasteiger partial charge on any atom is -0.0126 e. The van der Waals surface area contributed by atoms with E-state index in [1.807, 2.05) is 0 Å². The Labute approximate surface area is 184 Å². The molecule has 0 nitrogen and oxygen atoms in total. The zero-order valence-corrected chi connectivity index (χ0v) is 21.7. The van der Waals surface area contributed by atoms with E-state index in [0.29, 0.717) is 5.92 Å². The largest absolute Gasteiger partial charge is 0.0654 e. The third-order valence-corrected chi connectivity index (χ3v) is 6.34. The molecule has 1 atom stereocenters. The quantitative estimate of drug-likeness (QED) is 0.324. The van der Waals surface area contributed by atoms with Crippen molar-refractivity contribution in [2.75, 3.05) is 0 Å². The van der Waals surface area contributed by atoms with E-state index < -0.39 is 0 Å². The van der Waals surface area contributed by atoms with E-state index in [1.165, 1.54) is 64.2 Å². The van der Waals surface area contributed by atoms with E-state index in [4.69, 9.17) is 0 Å². The van der Waals surface area contributed by atoms with Crippen LogP contribution in [-0.2, 0) is 23.7 Å². The molecule has 0 aliphatic heterocycles. The molecule has 0 saturated carbocycles. The highest BCUT2D eigenvalue weighted by Crippen LogP contribution is 2.44. The Bertz CT molecular complexity index is 560. The van der Waals surface area contributed by atoms with Crippen LogP contribution in [0.1, 0.15) is 154 Å². The predicted octanol–water partition coefficient (Wildman–Crippen LogP) is 9.65. The number of aryl methyl sites for hydroxylation is 2. The van der Waals surface area contributed by atoms with Crippen LogP contribution >= 0.6 is 0 Å². The van der Waals surface area contributed by atoms with Crippen molar-refractivity contribution >= 4 is 0 Å². The van der Waals surface area contributed by atoms with Crippen molar-refractivity contribution in [1.29, 1.82) is 0 Å². The summed E-state index contributed by atoms with van der Waals surface area (Å²) in [5.74, 6) is 0.638. The normalized spacial score (nSPS) is 13.7. The van der Waals surface area contributed by atoms with Crippen LogP contribution in [0.5, 0.6) is 0 Å².